The van der Waals surface area contributed by atoms with Crippen LogP contribution in [0.5, 0.6) is 0 Å². The third kappa shape index (κ3) is 8.38. The van der Waals surface area contributed by atoms with Crippen LogP contribution in [-0.4, -0.2) is 82.5 Å². The van der Waals surface area contributed by atoms with Crippen LogP contribution in [0.15, 0.2) is 103 Å². The Labute approximate surface area is 307 Å². The van der Waals surface area contributed by atoms with E-state index in [1.807, 2.05) is 115 Å². The maximum absolute atomic E-state index is 6.61. The summed E-state index contributed by atoms with van der Waals surface area (Å²) in [6.45, 7) is 5.38. The molecule has 2 aliphatic heterocycles. The zero-order valence-electron chi connectivity index (χ0n) is 29.1. The summed E-state index contributed by atoms with van der Waals surface area (Å²) >= 11 is 0. The molecule has 2 aromatic heterocycles. The highest BCUT2D eigenvalue weighted by Gasteiger charge is 2.19. The van der Waals surface area contributed by atoms with E-state index < -0.39 is 0 Å². The van der Waals surface area contributed by atoms with E-state index in [2.05, 4.69) is 20.4 Å². The first-order valence-corrected chi connectivity index (χ1v) is 17.6. The molecule has 2 saturated heterocycles. The van der Waals surface area contributed by atoms with Crippen LogP contribution >= 0.6 is 0 Å². The number of hydrogen-bond donors (Lipinski definition) is 3. The molecule has 2 aliphatic rings. The highest BCUT2D eigenvalue weighted by atomic mass is 16.5. The molecule has 0 saturated carbocycles. The van der Waals surface area contributed by atoms with Crippen molar-refractivity contribution in [3.8, 4) is 22.8 Å². The largest absolute Gasteiger partial charge is 0.398 e. The summed E-state index contributed by atoms with van der Waals surface area (Å²) in [6, 6.07) is 33.7. The molecule has 13 heteroatoms. The lowest BCUT2D eigenvalue weighted by Crippen LogP contribution is -2.37. The first-order valence-electron chi connectivity index (χ1n) is 17.6. The summed E-state index contributed by atoms with van der Waals surface area (Å²) in [5, 5.41) is 6.65. The second-order valence-electron chi connectivity index (χ2n) is 12.5. The first kappa shape index (κ1) is 33.7. The molecule has 0 bridgehead atoms. The van der Waals surface area contributed by atoms with Gasteiger partial charge in [-0.2, -0.15) is 29.9 Å². The van der Waals surface area contributed by atoms with Gasteiger partial charge < -0.3 is 35.6 Å². The van der Waals surface area contributed by atoms with Gasteiger partial charge in [-0.15, -0.1) is 0 Å². The molecule has 0 radical (unpaired) electrons. The van der Waals surface area contributed by atoms with E-state index in [-0.39, 0.29) is 0 Å². The zero-order chi connectivity index (χ0) is 35.8. The molecule has 0 atom stereocenters. The first-order chi connectivity index (χ1) is 26.1. The zero-order valence-corrected chi connectivity index (χ0v) is 29.1. The van der Waals surface area contributed by atoms with E-state index in [0.29, 0.717) is 80.6 Å². The number of nitrogens with zero attached hydrogens (tertiary/aromatic N) is 8. The summed E-state index contributed by atoms with van der Waals surface area (Å²) < 4.78 is 11.1. The van der Waals surface area contributed by atoms with Crippen molar-refractivity contribution in [1.29, 1.82) is 0 Å². The van der Waals surface area contributed by atoms with Crippen molar-refractivity contribution >= 4 is 53.0 Å². The Morgan fingerprint density at radius 1 is 0.528 bits per heavy atom. The van der Waals surface area contributed by atoms with E-state index in [0.717, 1.165) is 46.7 Å². The van der Waals surface area contributed by atoms with Gasteiger partial charge in [0.2, 0.25) is 23.8 Å². The number of ether oxygens (including phenoxy) is 2. The SMILES string of the molecule is Nc1cc(-c2nc(Nc3ccccc3)nc(N3CCOCC3)n2)ccc1C=Cc1ccc(-c2nc(Nc3ccccc3)nc(N3CCOCC3)n2)cc1. The fourth-order valence-corrected chi connectivity index (χ4v) is 6.01. The van der Waals surface area contributed by atoms with Crippen LogP contribution in [0.3, 0.4) is 0 Å². The number of nitrogens with one attached hydrogen (secondary N) is 2. The summed E-state index contributed by atoms with van der Waals surface area (Å²) in [6.07, 6.45) is 4.04. The van der Waals surface area contributed by atoms with Gasteiger partial charge >= 0.3 is 0 Å². The van der Waals surface area contributed by atoms with Crippen molar-refractivity contribution in [1.82, 2.24) is 29.9 Å². The number of hydrogen-bond acceptors (Lipinski definition) is 13. The molecule has 4 heterocycles. The molecule has 0 unspecified atom stereocenters. The van der Waals surface area contributed by atoms with Gasteiger partial charge in [-0.3, -0.25) is 0 Å². The molecule has 8 rings (SSSR count). The Morgan fingerprint density at radius 2 is 1.02 bits per heavy atom. The van der Waals surface area contributed by atoms with Crippen LogP contribution in [-0.2, 0) is 9.47 Å². The maximum atomic E-state index is 6.61. The van der Waals surface area contributed by atoms with Gasteiger partial charge in [0.15, 0.2) is 11.6 Å². The third-order valence-electron chi connectivity index (χ3n) is 8.86. The topological polar surface area (TPSA) is 152 Å². The van der Waals surface area contributed by atoms with E-state index in [1.165, 1.54) is 0 Å². The highest BCUT2D eigenvalue weighted by Crippen LogP contribution is 2.28. The van der Waals surface area contributed by atoms with E-state index in [9.17, 15) is 0 Å². The average Bonchev–Trinajstić information content (AvgIpc) is 3.22. The number of nitrogens with two attached hydrogens (primary N) is 1. The molecule has 6 aromatic rings. The number of benzene rings is 4. The van der Waals surface area contributed by atoms with Gasteiger partial charge in [-0.05, 0) is 41.5 Å². The van der Waals surface area contributed by atoms with Gasteiger partial charge in [0, 0.05) is 54.4 Å². The lowest BCUT2D eigenvalue weighted by atomic mass is 10.1. The molecule has 4 aromatic carbocycles. The summed E-state index contributed by atoms with van der Waals surface area (Å²) in [4.78, 5) is 32.9. The lowest BCUT2D eigenvalue weighted by Gasteiger charge is -2.27. The fourth-order valence-electron chi connectivity index (χ4n) is 6.01. The second kappa shape index (κ2) is 15.8. The van der Waals surface area contributed by atoms with Crippen LogP contribution in [0, 0.1) is 0 Å². The van der Waals surface area contributed by atoms with Crippen LogP contribution in [0.1, 0.15) is 11.1 Å². The maximum Gasteiger partial charge on any atom is 0.232 e. The summed E-state index contributed by atoms with van der Waals surface area (Å²) in [7, 11) is 0. The minimum atomic E-state index is 0.465. The van der Waals surface area contributed by atoms with Gasteiger partial charge in [-0.25, -0.2) is 0 Å². The van der Waals surface area contributed by atoms with Crippen molar-refractivity contribution in [2.45, 2.75) is 0 Å². The van der Waals surface area contributed by atoms with Crippen molar-refractivity contribution in [3.05, 3.63) is 114 Å². The molecule has 4 N–H and O–H groups in total. The highest BCUT2D eigenvalue weighted by molar-refractivity contribution is 5.79. The smallest absolute Gasteiger partial charge is 0.232 e. The monoisotopic (exact) mass is 705 g/mol. The van der Waals surface area contributed by atoms with E-state index in [1.54, 1.807) is 0 Å². The Morgan fingerprint density at radius 3 is 1.53 bits per heavy atom. The third-order valence-corrected chi connectivity index (χ3v) is 8.86. The van der Waals surface area contributed by atoms with Gasteiger partial charge in [0.1, 0.15) is 0 Å². The minimum absolute atomic E-state index is 0.465. The number of rotatable bonds is 10. The van der Waals surface area contributed by atoms with Gasteiger partial charge in [0.05, 0.1) is 26.4 Å². The number of morpholine rings is 2. The fraction of sp³-hybridized carbons (Fsp3) is 0.200. The van der Waals surface area contributed by atoms with Crippen LogP contribution < -0.4 is 26.2 Å². The molecular formula is C40H39N11O2. The standard InChI is InChI=1S/C40H39N11O2/c41-34-27-31(36-45-38(43-33-9-5-2-6-10-33)49-40(47-36)51-21-25-53-26-22-51)18-17-29(34)14-11-28-12-15-30(16-13-28)35-44-37(42-32-7-3-1-4-8-32)48-39(46-35)50-19-23-52-24-20-50/h1-18,27H,19-26,41H2,(H,42,44,46,48)(H,43,45,47,49). The quantitative estimate of drug-likeness (QED) is 0.108. The normalized spacial score (nSPS) is 14.7. The Hall–Kier alpha value is -6.44. The van der Waals surface area contributed by atoms with E-state index >= 15 is 0 Å². The number of para-hydroxylation sites is 2. The predicted molar refractivity (Wildman–Crippen MR) is 209 cm³/mol. The lowest BCUT2D eigenvalue weighted by molar-refractivity contribution is 0.122. The number of anilines is 7. The molecule has 2 fully saturated rings. The van der Waals surface area contributed by atoms with Gasteiger partial charge in [0.25, 0.3) is 0 Å². The Bertz CT molecular complexity index is 2170. The van der Waals surface area contributed by atoms with Gasteiger partial charge in [-0.1, -0.05) is 84.9 Å². The molecular weight excluding hydrogens is 667 g/mol. The molecule has 53 heavy (non-hydrogen) atoms. The average molecular weight is 706 g/mol. The minimum Gasteiger partial charge on any atom is -0.398 e. The van der Waals surface area contributed by atoms with E-state index in [4.69, 9.17) is 45.1 Å². The van der Waals surface area contributed by atoms with Crippen molar-refractivity contribution < 1.29 is 9.47 Å². The molecule has 266 valence electrons. The van der Waals surface area contributed by atoms with Crippen LogP contribution in [0.2, 0.25) is 0 Å². The predicted octanol–water partition coefficient (Wildman–Crippen LogP) is 6.30. The van der Waals surface area contributed by atoms with Crippen LogP contribution in [0.25, 0.3) is 34.9 Å². The second-order valence-corrected chi connectivity index (χ2v) is 12.5. The Balaban J connectivity index is 1.02. The molecule has 0 spiro atoms. The number of nitrogen functional groups attached to an aromatic ring is 1. The Kier molecular flexibility index (Phi) is 10.1. The molecule has 0 aliphatic carbocycles. The summed E-state index contributed by atoms with van der Waals surface area (Å²) in [5.41, 5.74) is 12.6. The van der Waals surface area contributed by atoms with Crippen molar-refractivity contribution in [3.63, 3.8) is 0 Å². The van der Waals surface area contributed by atoms with Crippen LogP contribution in [0.4, 0.5) is 40.9 Å². The molecule has 13 nitrogen and oxygen atoms in total. The molecule has 0 amide bonds. The summed E-state index contributed by atoms with van der Waals surface area (Å²) in [5.74, 6) is 3.30. The van der Waals surface area contributed by atoms with Crippen molar-refractivity contribution in [2.75, 3.05) is 78.8 Å². The number of aromatic nitrogens is 6. The van der Waals surface area contributed by atoms with Crippen molar-refractivity contribution in [2.24, 2.45) is 0 Å².